The molecule has 1 saturated heterocycles. The highest BCUT2D eigenvalue weighted by atomic mass is 32.1. The number of halogens is 1. The molecule has 0 radical (unpaired) electrons. The van der Waals surface area contributed by atoms with E-state index < -0.39 is 11.4 Å². The normalized spacial score (nSPS) is 15.4. The molecule has 8 heteroatoms. The van der Waals surface area contributed by atoms with Crippen molar-refractivity contribution in [1.82, 2.24) is 9.88 Å². The van der Waals surface area contributed by atoms with Crippen molar-refractivity contribution in [2.45, 2.75) is 45.3 Å². The molecule has 0 saturated carbocycles. The summed E-state index contributed by atoms with van der Waals surface area (Å²) >= 11 is 1.25. The predicted octanol–water partition coefficient (Wildman–Crippen LogP) is 4.32. The van der Waals surface area contributed by atoms with Crippen molar-refractivity contribution in [2.75, 3.05) is 18.4 Å². The highest BCUT2D eigenvalue weighted by molar-refractivity contribution is 7.17. The lowest BCUT2D eigenvalue weighted by Crippen LogP contribution is -2.44. The highest BCUT2D eigenvalue weighted by Crippen LogP contribution is 2.24. The quantitative estimate of drug-likeness (QED) is 0.767. The molecule has 3 rings (SSSR count). The Kier molecular flexibility index (Phi) is 5.98. The molecule has 0 bridgehead atoms. The molecule has 1 amide bonds. The summed E-state index contributed by atoms with van der Waals surface area (Å²) in [4.78, 5) is 31.0. The number of nitrogens with one attached hydrogen (secondary N) is 1. The fourth-order valence-electron chi connectivity index (χ4n) is 2.93. The highest BCUT2D eigenvalue weighted by Gasteiger charge is 2.27. The Bertz CT molecular complexity index is 854. The third kappa shape index (κ3) is 5.28. The number of ether oxygens (including phenoxy) is 1. The zero-order valence-corrected chi connectivity index (χ0v) is 17.0. The molecular formula is C20H24FN3O3S. The minimum atomic E-state index is -0.502. The van der Waals surface area contributed by atoms with Crippen LogP contribution in [-0.2, 0) is 4.74 Å². The molecule has 1 aromatic heterocycles. The van der Waals surface area contributed by atoms with E-state index in [0.29, 0.717) is 28.7 Å². The van der Waals surface area contributed by atoms with E-state index in [1.165, 1.54) is 35.7 Å². The number of thiazole rings is 1. The second-order valence-electron chi connectivity index (χ2n) is 7.76. The summed E-state index contributed by atoms with van der Waals surface area (Å²) < 4.78 is 18.7. The lowest BCUT2D eigenvalue weighted by Gasteiger charge is -2.33. The average molecular weight is 405 g/mol. The monoisotopic (exact) mass is 405 g/mol. The SMILES string of the molecule is CC(C)(C)OC(=O)N1CCC(Nc2ncc(C(=O)c3cccc(F)c3)s2)CC1. The van der Waals surface area contributed by atoms with Crippen molar-refractivity contribution in [3.8, 4) is 0 Å². The molecule has 1 aliphatic heterocycles. The van der Waals surface area contributed by atoms with E-state index in [9.17, 15) is 14.0 Å². The smallest absolute Gasteiger partial charge is 0.410 e. The lowest BCUT2D eigenvalue weighted by atomic mass is 10.1. The van der Waals surface area contributed by atoms with Crippen LogP contribution in [0.3, 0.4) is 0 Å². The van der Waals surface area contributed by atoms with Crippen LogP contribution in [0.15, 0.2) is 30.5 Å². The van der Waals surface area contributed by atoms with Gasteiger partial charge in [0.25, 0.3) is 0 Å². The van der Waals surface area contributed by atoms with E-state index in [4.69, 9.17) is 4.74 Å². The summed E-state index contributed by atoms with van der Waals surface area (Å²) in [5.74, 6) is -0.685. The Balaban J connectivity index is 1.54. The molecule has 6 nitrogen and oxygen atoms in total. The Morgan fingerprint density at radius 2 is 2.00 bits per heavy atom. The van der Waals surface area contributed by atoms with E-state index in [-0.39, 0.29) is 17.9 Å². The summed E-state index contributed by atoms with van der Waals surface area (Å²) in [6.07, 6.45) is 2.76. The van der Waals surface area contributed by atoms with Crippen LogP contribution in [0.4, 0.5) is 14.3 Å². The molecule has 1 fully saturated rings. The molecule has 1 N–H and O–H groups in total. The third-order valence-corrected chi connectivity index (χ3v) is 5.22. The summed E-state index contributed by atoms with van der Waals surface area (Å²) in [5.41, 5.74) is -0.196. The van der Waals surface area contributed by atoms with Gasteiger partial charge in [0.15, 0.2) is 5.13 Å². The van der Waals surface area contributed by atoms with Crippen LogP contribution < -0.4 is 5.32 Å². The number of hydrogen-bond acceptors (Lipinski definition) is 6. The Morgan fingerprint density at radius 3 is 2.64 bits per heavy atom. The van der Waals surface area contributed by atoms with Crippen molar-refractivity contribution in [3.63, 3.8) is 0 Å². The first-order chi connectivity index (χ1) is 13.2. The molecule has 0 spiro atoms. The molecule has 1 aliphatic rings. The number of anilines is 1. The molecular weight excluding hydrogens is 381 g/mol. The van der Waals surface area contributed by atoms with E-state index in [0.717, 1.165) is 12.8 Å². The molecule has 2 aromatic rings. The van der Waals surface area contributed by atoms with E-state index >= 15 is 0 Å². The summed E-state index contributed by atoms with van der Waals surface area (Å²) in [6, 6.07) is 5.80. The maximum absolute atomic E-state index is 13.3. The fraction of sp³-hybridized carbons (Fsp3) is 0.450. The topological polar surface area (TPSA) is 71.5 Å². The van der Waals surface area contributed by atoms with Gasteiger partial charge in [0.05, 0.1) is 11.1 Å². The van der Waals surface area contributed by atoms with Crippen molar-refractivity contribution in [1.29, 1.82) is 0 Å². The van der Waals surface area contributed by atoms with Crippen molar-refractivity contribution >= 4 is 28.3 Å². The number of carbonyl (C=O) groups is 2. The van der Waals surface area contributed by atoms with Crippen LogP contribution >= 0.6 is 11.3 Å². The minimum absolute atomic E-state index is 0.168. The summed E-state index contributed by atoms with van der Waals surface area (Å²) in [6.45, 7) is 6.76. The zero-order chi connectivity index (χ0) is 20.3. The average Bonchev–Trinajstić information content (AvgIpc) is 3.08. The maximum atomic E-state index is 13.3. The molecule has 2 heterocycles. The van der Waals surface area contributed by atoms with Gasteiger partial charge in [-0.15, -0.1) is 0 Å². The van der Waals surface area contributed by atoms with Gasteiger partial charge in [0, 0.05) is 24.7 Å². The van der Waals surface area contributed by atoms with Gasteiger partial charge in [-0.3, -0.25) is 4.79 Å². The number of hydrogen-bond donors (Lipinski definition) is 1. The van der Waals surface area contributed by atoms with Crippen LogP contribution in [-0.4, -0.2) is 46.5 Å². The molecule has 0 unspecified atom stereocenters. The standard InChI is InChI=1S/C20H24FN3O3S/c1-20(2,3)27-19(26)24-9-7-15(8-10-24)23-18-22-12-16(28-18)17(25)13-5-4-6-14(21)11-13/h4-6,11-12,15H,7-10H2,1-3H3,(H,22,23). The molecule has 0 aliphatic carbocycles. The van der Waals surface area contributed by atoms with Crippen molar-refractivity contribution in [2.24, 2.45) is 0 Å². The molecule has 28 heavy (non-hydrogen) atoms. The van der Waals surface area contributed by atoms with Gasteiger partial charge in [-0.1, -0.05) is 23.5 Å². The van der Waals surface area contributed by atoms with Gasteiger partial charge in [-0.2, -0.15) is 0 Å². The Hall–Kier alpha value is -2.48. The number of rotatable bonds is 4. The van der Waals surface area contributed by atoms with E-state index in [1.807, 2.05) is 20.8 Å². The van der Waals surface area contributed by atoms with Crippen LogP contribution in [0, 0.1) is 5.82 Å². The van der Waals surface area contributed by atoms with Crippen LogP contribution in [0.1, 0.15) is 48.8 Å². The second kappa shape index (κ2) is 8.26. The first-order valence-electron chi connectivity index (χ1n) is 9.22. The minimum Gasteiger partial charge on any atom is -0.444 e. The van der Waals surface area contributed by atoms with Gasteiger partial charge < -0.3 is 15.0 Å². The number of piperidine rings is 1. The first-order valence-corrected chi connectivity index (χ1v) is 10.0. The van der Waals surface area contributed by atoms with Gasteiger partial charge >= 0.3 is 6.09 Å². The molecule has 1 aromatic carbocycles. The van der Waals surface area contributed by atoms with Crippen LogP contribution in [0.2, 0.25) is 0 Å². The van der Waals surface area contributed by atoms with Gasteiger partial charge in [-0.25, -0.2) is 14.2 Å². The van der Waals surface area contributed by atoms with Crippen LogP contribution in [0.5, 0.6) is 0 Å². The lowest BCUT2D eigenvalue weighted by molar-refractivity contribution is 0.0210. The molecule has 0 atom stereocenters. The number of carbonyl (C=O) groups excluding carboxylic acids is 2. The summed E-state index contributed by atoms with van der Waals surface area (Å²) in [5, 5.41) is 3.98. The fourth-order valence-corrected chi connectivity index (χ4v) is 3.78. The third-order valence-electron chi connectivity index (χ3n) is 4.29. The predicted molar refractivity (Wildman–Crippen MR) is 106 cm³/mol. The second-order valence-corrected chi connectivity index (χ2v) is 8.79. The summed E-state index contributed by atoms with van der Waals surface area (Å²) in [7, 11) is 0. The number of likely N-dealkylation sites (tertiary alicyclic amines) is 1. The Morgan fingerprint density at radius 1 is 1.29 bits per heavy atom. The van der Waals surface area contributed by atoms with Crippen molar-refractivity contribution in [3.05, 3.63) is 46.7 Å². The number of aromatic nitrogens is 1. The number of nitrogens with zero attached hydrogens (tertiary/aromatic N) is 2. The van der Waals surface area contributed by atoms with Gasteiger partial charge in [0.2, 0.25) is 5.78 Å². The van der Waals surface area contributed by atoms with Crippen molar-refractivity contribution < 1.29 is 18.7 Å². The largest absolute Gasteiger partial charge is 0.444 e. The van der Waals surface area contributed by atoms with E-state index in [2.05, 4.69) is 10.3 Å². The zero-order valence-electron chi connectivity index (χ0n) is 16.2. The maximum Gasteiger partial charge on any atom is 0.410 e. The number of benzene rings is 1. The Labute approximate surface area is 167 Å². The number of amides is 1. The van der Waals surface area contributed by atoms with Gasteiger partial charge in [-0.05, 0) is 45.7 Å². The molecule has 150 valence electrons. The first kappa shape index (κ1) is 20.3. The number of ketones is 1. The van der Waals surface area contributed by atoms with Crippen LogP contribution in [0.25, 0.3) is 0 Å². The van der Waals surface area contributed by atoms with Gasteiger partial charge in [0.1, 0.15) is 11.4 Å². The van der Waals surface area contributed by atoms with E-state index in [1.54, 1.807) is 11.0 Å².